The Bertz CT molecular complexity index is 1460. The summed E-state index contributed by atoms with van der Waals surface area (Å²) in [7, 11) is 0. The van der Waals surface area contributed by atoms with Crippen LogP contribution in [0.2, 0.25) is 0 Å². The fraction of sp³-hybridized carbons (Fsp3) is 0.174. The fourth-order valence-electron chi connectivity index (χ4n) is 4.60. The fourth-order valence-corrected chi connectivity index (χ4v) is 4.60. The first-order valence-corrected chi connectivity index (χ1v) is 9.65. The number of nitrogens with one attached hydrogen (secondary N) is 2. The predicted molar refractivity (Wildman–Crippen MR) is 113 cm³/mol. The molecule has 6 rings (SSSR count). The van der Waals surface area contributed by atoms with Gasteiger partial charge in [-0.15, -0.1) is 0 Å². The van der Waals surface area contributed by atoms with Gasteiger partial charge in [0.25, 0.3) is 0 Å². The number of para-hydroxylation sites is 2. The standard InChI is InChI=1S/C23H20N4/c1-2-3-12-27-18-11-7-5-9-15(18)19-16-13-24-26-21(16)20-14-8-4-6-10-17(14)25-22(20)23(19)27/h4-11,13,24,26H,2-3,12H2,1H3. The molecule has 0 atom stereocenters. The first-order chi connectivity index (χ1) is 13.4. The Labute approximate surface area is 155 Å². The van der Waals surface area contributed by atoms with Crippen LogP contribution in [0.3, 0.4) is 0 Å². The maximum absolute atomic E-state index is 5.08. The summed E-state index contributed by atoms with van der Waals surface area (Å²) in [5.41, 5.74) is 5.86. The van der Waals surface area contributed by atoms with Crippen molar-refractivity contribution in [1.82, 2.24) is 19.7 Å². The van der Waals surface area contributed by atoms with E-state index in [1.165, 1.54) is 44.4 Å². The second kappa shape index (κ2) is 5.36. The van der Waals surface area contributed by atoms with Crippen LogP contribution in [0.15, 0.2) is 54.7 Å². The Morgan fingerprint density at radius 1 is 0.926 bits per heavy atom. The van der Waals surface area contributed by atoms with Crippen LogP contribution in [0, 0.1) is 0 Å². The van der Waals surface area contributed by atoms with Gasteiger partial charge in [0.2, 0.25) is 0 Å². The minimum Gasteiger partial charge on any atom is -0.339 e. The van der Waals surface area contributed by atoms with Gasteiger partial charge in [-0.2, -0.15) is 0 Å². The molecule has 0 aliphatic carbocycles. The van der Waals surface area contributed by atoms with E-state index in [9.17, 15) is 0 Å². The van der Waals surface area contributed by atoms with E-state index >= 15 is 0 Å². The van der Waals surface area contributed by atoms with Gasteiger partial charge in [-0.05, 0) is 18.6 Å². The maximum Gasteiger partial charge on any atom is 0.0981 e. The smallest absolute Gasteiger partial charge is 0.0981 e. The third-order valence-corrected chi connectivity index (χ3v) is 5.78. The van der Waals surface area contributed by atoms with Gasteiger partial charge in [0.1, 0.15) is 0 Å². The number of hydrogen-bond acceptors (Lipinski definition) is 1. The zero-order valence-electron chi connectivity index (χ0n) is 15.2. The Kier molecular flexibility index (Phi) is 2.95. The third-order valence-electron chi connectivity index (χ3n) is 5.78. The quantitative estimate of drug-likeness (QED) is 0.397. The Balaban J connectivity index is 1.96. The number of aromatic amines is 2. The Morgan fingerprint density at radius 2 is 1.74 bits per heavy atom. The molecule has 0 bridgehead atoms. The van der Waals surface area contributed by atoms with Gasteiger partial charge in [-0.3, -0.25) is 0 Å². The van der Waals surface area contributed by atoms with Crippen molar-refractivity contribution in [2.75, 3.05) is 0 Å². The highest BCUT2D eigenvalue weighted by Gasteiger charge is 2.21. The molecule has 0 unspecified atom stereocenters. The molecule has 2 N–H and O–H groups in total. The average Bonchev–Trinajstić information content (AvgIpc) is 3.39. The number of fused-ring (bicyclic) bond motifs is 10. The number of H-pyrrole nitrogens is 2. The molecule has 3 aromatic heterocycles. The van der Waals surface area contributed by atoms with Gasteiger partial charge in [-0.25, -0.2) is 4.98 Å². The normalized spacial score (nSPS) is 12.3. The highest BCUT2D eigenvalue weighted by molar-refractivity contribution is 6.34. The van der Waals surface area contributed by atoms with Crippen molar-refractivity contribution in [3.63, 3.8) is 0 Å². The molecule has 27 heavy (non-hydrogen) atoms. The lowest BCUT2D eigenvalue weighted by Crippen LogP contribution is -1.97. The zero-order valence-corrected chi connectivity index (χ0v) is 15.2. The monoisotopic (exact) mass is 352 g/mol. The van der Waals surface area contributed by atoms with E-state index in [0.717, 1.165) is 29.5 Å². The largest absolute Gasteiger partial charge is 0.339 e. The van der Waals surface area contributed by atoms with E-state index in [2.05, 4.69) is 76.4 Å². The highest BCUT2D eigenvalue weighted by Crippen LogP contribution is 2.42. The van der Waals surface area contributed by atoms with Crippen LogP contribution < -0.4 is 0 Å². The minimum atomic E-state index is 1.01. The van der Waals surface area contributed by atoms with Gasteiger partial charge >= 0.3 is 0 Å². The van der Waals surface area contributed by atoms with Crippen molar-refractivity contribution in [2.24, 2.45) is 0 Å². The van der Waals surface area contributed by atoms with E-state index in [1.807, 2.05) is 0 Å². The molecular formula is C23H20N4. The molecule has 0 fully saturated rings. The molecule has 0 saturated carbocycles. The second-order valence-electron chi connectivity index (χ2n) is 7.30. The highest BCUT2D eigenvalue weighted by atomic mass is 15.1. The van der Waals surface area contributed by atoms with Crippen LogP contribution in [-0.4, -0.2) is 19.7 Å². The first-order valence-electron chi connectivity index (χ1n) is 9.65. The van der Waals surface area contributed by atoms with Gasteiger partial charge in [0.15, 0.2) is 0 Å². The summed E-state index contributed by atoms with van der Waals surface area (Å²) >= 11 is 0. The average molecular weight is 352 g/mol. The molecule has 0 aliphatic heterocycles. The molecule has 6 aromatic rings. The summed E-state index contributed by atoms with van der Waals surface area (Å²) in [4.78, 5) is 5.08. The number of aryl methyl sites for hydroxylation is 1. The second-order valence-corrected chi connectivity index (χ2v) is 7.30. The first kappa shape index (κ1) is 14.9. The van der Waals surface area contributed by atoms with Crippen LogP contribution in [0.4, 0.5) is 0 Å². The number of hydrogen-bond donors (Lipinski definition) is 2. The van der Waals surface area contributed by atoms with Crippen molar-refractivity contribution < 1.29 is 0 Å². The maximum atomic E-state index is 5.08. The Morgan fingerprint density at radius 3 is 2.63 bits per heavy atom. The number of nitrogens with zero attached hydrogens (tertiary/aromatic N) is 2. The summed E-state index contributed by atoms with van der Waals surface area (Å²) in [5.74, 6) is 0. The van der Waals surface area contributed by atoms with Crippen LogP contribution in [0.1, 0.15) is 19.8 Å². The molecule has 0 amide bonds. The van der Waals surface area contributed by atoms with E-state index in [-0.39, 0.29) is 0 Å². The van der Waals surface area contributed by atoms with E-state index in [4.69, 9.17) is 4.98 Å². The lowest BCUT2D eigenvalue weighted by atomic mass is 10.0. The lowest BCUT2D eigenvalue weighted by molar-refractivity contribution is 0.666. The summed E-state index contributed by atoms with van der Waals surface area (Å²) in [5, 5.41) is 12.9. The van der Waals surface area contributed by atoms with Crippen LogP contribution in [0.5, 0.6) is 0 Å². The van der Waals surface area contributed by atoms with Crippen LogP contribution in [-0.2, 0) is 6.54 Å². The van der Waals surface area contributed by atoms with E-state index in [1.54, 1.807) is 0 Å². The predicted octanol–water partition coefficient (Wildman–Crippen LogP) is 6.11. The van der Waals surface area contributed by atoms with Crippen LogP contribution >= 0.6 is 0 Å². The summed E-state index contributed by atoms with van der Waals surface area (Å²) < 4.78 is 2.48. The molecule has 4 nitrogen and oxygen atoms in total. The molecule has 4 heteroatoms. The minimum absolute atomic E-state index is 1.01. The molecule has 0 radical (unpaired) electrons. The van der Waals surface area contributed by atoms with Gasteiger partial charge in [-0.1, -0.05) is 49.7 Å². The molecule has 132 valence electrons. The van der Waals surface area contributed by atoms with Crippen molar-refractivity contribution in [3.8, 4) is 0 Å². The summed E-state index contributed by atoms with van der Waals surface area (Å²) in [6.45, 7) is 3.26. The third kappa shape index (κ3) is 1.85. The number of rotatable bonds is 3. The molecule has 0 saturated heterocycles. The van der Waals surface area contributed by atoms with Crippen molar-refractivity contribution in [3.05, 3.63) is 54.7 Å². The molecule has 0 aliphatic rings. The summed E-state index contributed by atoms with van der Waals surface area (Å²) in [6, 6.07) is 17.2. The lowest BCUT2D eigenvalue weighted by Gasteiger charge is -2.07. The van der Waals surface area contributed by atoms with Crippen molar-refractivity contribution in [1.29, 1.82) is 0 Å². The molecular weight excluding hydrogens is 332 g/mol. The van der Waals surface area contributed by atoms with Gasteiger partial charge in [0, 0.05) is 45.2 Å². The van der Waals surface area contributed by atoms with Gasteiger partial charge in [0.05, 0.1) is 22.1 Å². The molecule has 3 aromatic carbocycles. The SMILES string of the molecule is CCCCn1c2ccccc2c2c3c[nH][nH]c3c3c4ccccc4nc3c21. The number of unbranched alkanes of at least 4 members (excludes halogenated alkanes) is 1. The Hall–Kier alpha value is -3.27. The molecule has 3 heterocycles. The van der Waals surface area contributed by atoms with Gasteiger partial charge < -0.3 is 14.8 Å². The van der Waals surface area contributed by atoms with Crippen molar-refractivity contribution >= 4 is 54.5 Å². The number of benzene rings is 3. The number of aromatic nitrogens is 4. The van der Waals surface area contributed by atoms with E-state index < -0.39 is 0 Å². The molecule has 0 spiro atoms. The van der Waals surface area contributed by atoms with Crippen molar-refractivity contribution in [2.45, 2.75) is 26.3 Å². The van der Waals surface area contributed by atoms with Crippen LogP contribution in [0.25, 0.3) is 54.5 Å². The summed E-state index contributed by atoms with van der Waals surface area (Å²) in [6.07, 6.45) is 4.43. The van der Waals surface area contributed by atoms with E-state index in [0.29, 0.717) is 0 Å². The zero-order chi connectivity index (χ0) is 18.0. The topological polar surface area (TPSA) is 49.4 Å².